The van der Waals surface area contributed by atoms with Gasteiger partial charge < -0.3 is 10.6 Å². The standard InChI is InChI=1S/C15H19F4N5O2S/c1-7(2)9(21-12(26)10-5-8(16)6-20-10)3-4-11(25)22-14-24-23-13(27-14)15(17,18)19/h3-4,7-10,20H,5-6H2,1-2H3,(H,21,26)(H,22,24,25)/b4-3+/t8?,9-,10?/m1/s1. The number of carbonyl (C=O) groups is 2. The van der Waals surface area contributed by atoms with Crippen LogP contribution in [-0.4, -0.2) is 46.8 Å². The molecule has 0 aliphatic carbocycles. The third-order valence-corrected chi connectivity index (χ3v) is 4.66. The number of hydrogen-bond donors (Lipinski definition) is 3. The van der Waals surface area contributed by atoms with E-state index in [2.05, 4.69) is 26.1 Å². The van der Waals surface area contributed by atoms with Crippen LogP contribution >= 0.6 is 11.3 Å². The molecule has 1 aromatic heterocycles. The average Bonchev–Trinajstić information content (AvgIpc) is 3.19. The van der Waals surface area contributed by atoms with Gasteiger partial charge in [0.15, 0.2) is 0 Å². The van der Waals surface area contributed by atoms with E-state index in [0.29, 0.717) is 0 Å². The zero-order valence-electron chi connectivity index (χ0n) is 14.5. The van der Waals surface area contributed by atoms with Gasteiger partial charge in [0.1, 0.15) is 6.17 Å². The molecule has 1 aliphatic rings. The van der Waals surface area contributed by atoms with Crippen LogP contribution in [0.5, 0.6) is 0 Å². The molecule has 3 atom stereocenters. The molecule has 12 heteroatoms. The first-order valence-corrected chi connectivity index (χ1v) is 8.95. The lowest BCUT2D eigenvalue weighted by molar-refractivity contribution is -0.138. The number of carbonyl (C=O) groups excluding carboxylic acids is 2. The van der Waals surface area contributed by atoms with Crippen LogP contribution in [0.2, 0.25) is 0 Å². The van der Waals surface area contributed by atoms with Crippen molar-refractivity contribution in [2.24, 2.45) is 5.92 Å². The maximum atomic E-state index is 13.2. The molecular weight excluding hydrogens is 390 g/mol. The molecular formula is C15H19F4N5O2S. The highest BCUT2D eigenvalue weighted by molar-refractivity contribution is 7.15. The van der Waals surface area contributed by atoms with Crippen molar-refractivity contribution in [3.8, 4) is 0 Å². The summed E-state index contributed by atoms with van der Waals surface area (Å²) in [4.78, 5) is 24.0. The van der Waals surface area contributed by atoms with Crippen LogP contribution in [-0.2, 0) is 15.8 Å². The molecule has 1 fully saturated rings. The molecule has 0 radical (unpaired) electrons. The summed E-state index contributed by atoms with van der Waals surface area (Å²) < 4.78 is 50.6. The topological polar surface area (TPSA) is 96.0 Å². The van der Waals surface area contributed by atoms with E-state index in [1.54, 1.807) is 0 Å². The Hall–Kier alpha value is -2.08. The first-order chi connectivity index (χ1) is 12.6. The van der Waals surface area contributed by atoms with Crippen molar-refractivity contribution < 1.29 is 27.2 Å². The van der Waals surface area contributed by atoms with Crippen molar-refractivity contribution in [3.63, 3.8) is 0 Å². The molecule has 1 saturated heterocycles. The van der Waals surface area contributed by atoms with Gasteiger partial charge in [-0.15, -0.1) is 10.2 Å². The van der Waals surface area contributed by atoms with E-state index in [4.69, 9.17) is 0 Å². The van der Waals surface area contributed by atoms with Gasteiger partial charge in [0, 0.05) is 25.1 Å². The molecule has 2 rings (SSSR count). The molecule has 1 aromatic rings. The van der Waals surface area contributed by atoms with Crippen LogP contribution in [0.1, 0.15) is 25.3 Å². The van der Waals surface area contributed by atoms with Gasteiger partial charge in [0.2, 0.25) is 22.0 Å². The van der Waals surface area contributed by atoms with Gasteiger partial charge in [0.05, 0.1) is 6.04 Å². The Labute approximate surface area is 156 Å². The fourth-order valence-electron chi connectivity index (χ4n) is 2.32. The monoisotopic (exact) mass is 409 g/mol. The van der Waals surface area contributed by atoms with E-state index >= 15 is 0 Å². The van der Waals surface area contributed by atoms with Crippen LogP contribution in [0.4, 0.5) is 22.7 Å². The molecule has 3 N–H and O–H groups in total. The molecule has 0 spiro atoms. The largest absolute Gasteiger partial charge is 0.445 e. The van der Waals surface area contributed by atoms with Crippen molar-refractivity contribution in [2.45, 2.75) is 44.7 Å². The summed E-state index contributed by atoms with van der Waals surface area (Å²) in [7, 11) is 0. The van der Waals surface area contributed by atoms with Gasteiger partial charge in [-0.3, -0.25) is 14.9 Å². The van der Waals surface area contributed by atoms with Crippen LogP contribution in [0, 0.1) is 5.92 Å². The number of anilines is 1. The van der Waals surface area contributed by atoms with E-state index in [-0.39, 0.29) is 41.3 Å². The molecule has 0 bridgehead atoms. The summed E-state index contributed by atoms with van der Waals surface area (Å²) in [6, 6.07) is -1.14. The Morgan fingerprint density at radius 1 is 1.33 bits per heavy atom. The zero-order chi connectivity index (χ0) is 20.2. The minimum atomic E-state index is -4.63. The van der Waals surface area contributed by atoms with E-state index in [1.807, 2.05) is 13.8 Å². The number of halogens is 4. The summed E-state index contributed by atoms with van der Waals surface area (Å²) in [5.41, 5.74) is 0. The van der Waals surface area contributed by atoms with E-state index in [1.165, 1.54) is 6.08 Å². The maximum absolute atomic E-state index is 13.2. The Balaban J connectivity index is 1.92. The van der Waals surface area contributed by atoms with E-state index in [9.17, 15) is 27.2 Å². The number of aromatic nitrogens is 2. The van der Waals surface area contributed by atoms with Crippen molar-refractivity contribution >= 4 is 28.3 Å². The molecule has 27 heavy (non-hydrogen) atoms. The van der Waals surface area contributed by atoms with Crippen LogP contribution in [0.25, 0.3) is 0 Å². The summed E-state index contributed by atoms with van der Waals surface area (Å²) >= 11 is 0.210. The Morgan fingerprint density at radius 2 is 2.04 bits per heavy atom. The fraction of sp³-hybridized carbons (Fsp3) is 0.600. The first kappa shape index (κ1) is 21.2. The SMILES string of the molecule is CC(C)[C@@H](/C=C/C(=O)Nc1nnc(C(F)(F)F)s1)NC(=O)C1CC(F)CN1. The normalized spacial score (nSPS) is 21.6. The molecule has 0 saturated carbocycles. The van der Waals surface area contributed by atoms with Gasteiger partial charge in [0.25, 0.3) is 0 Å². The summed E-state index contributed by atoms with van der Waals surface area (Å²) in [5, 5.41) is 12.4. The molecule has 2 amide bonds. The van der Waals surface area contributed by atoms with E-state index in [0.717, 1.165) is 6.08 Å². The minimum absolute atomic E-state index is 0.0704. The summed E-state index contributed by atoms with van der Waals surface area (Å²) in [5.74, 6) is -1.15. The Bertz CT molecular complexity index is 707. The predicted octanol–water partition coefficient (Wildman–Crippen LogP) is 1.89. The number of hydrogen-bond acceptors (Lipinski definition) is 6. The van der Waals surface area contributed by atoms with Gasteiger partial charge >= 0.3 is 6.18 Å². The lowest BCUT2D eigenvalue weighted by Gasteiger charge is -2.21. The fourth-order valence-corrected chi connectivity index (χ4v) is 2.93. The number of rotatable bonds is 6. The van der Waals surface area contributed by atoms with Gasteiger partial charge in [-0.25, -0.2) is 4.39 Å². The third-order valence-electron chi connectivity index (χ3n) is 3.77. The highest BCUT2D eigenvalue weighted by atomic mass is 32.1. The Morgan fingerprint density at radius 3 is 2.56 bits per heavy atom. The molecule has 0 aromatic carbocycles. The summed E-state index contributed by atoms with van der Waals surface area (Å²) in [6.45, 7) is 3.74. The van der Waals surface area contributed by atoms with Crippen molar-refractivity contribution in [1.29, 1.82) is 0 Å². The van der Waals surface area contributed by atoms with Gasteiger partial charge in [-0.1, -0.05) is 31.3 Å². The average molecular weight is 409 g/mol. The number of nitrogens with zero attached hydrogens (tertiary/aromatic N) is 2. The second-order valence-electron chi connectivity index (χ2n) is 6.33. The highest BCUT2D eigenvalue weighted by Crippen LogP contribution is 2.32. The van der Waals surface area contributed by atoms with Crippen molar-refractivity contribution in [3.05, 3.63) is 17.2 Å². The summed E-state index contributed by atoms with van der Waals surface area (Å²) in [6.07, 6.45) is -3.10. The van der Waals surface area contributed by atoms with Gasteiger partial charge in [-0.05, 0) is 5.92 Å². The number of amides is 2. The second kappa shape index (κ2) is 8.74. The highest BCUT2D eigenvalue weighted by Gasteiger charge is 2.35. The van der Waals surface area contributed by atoms with Crippen molar-refractivity contribution in [2.75, 3.05) is 11.9 Å². The second-order valence-corrected chi connectivity index (χ2v) is 7.31. The molecule has 7 nitrogen and oxygen atoms in total. The van der Waals surface area contributed by atoms with Crippen LogP contribution in [0.15, 0.2) is 12.2 Å². The third kappa shape index (κ3) is 6.24. The lowest BCUT2D eigenvalue weighted by atomic mass is 10.0. The van der Waals surface area contributed by atoms with Crippen LogP contribution in [0.3, 0.4) is 0 Å². The van der Waals surface area contributed by atoms with Crippen molar-refractivity contribution in [1.82, 2.24) is 20.8 Å². The molecule has 1 aliphatic heterocycles. The van der Waals surface area contributed by atoms with Crippen LogP contribution < -0.4 is 16.0 Å². The molecule has 2 unspecified atom stereocenters. The number of alkyl halides is 4. The molecule has 2 heterocycles. The molecule has 150 valence electrons. The maximum Gasteiger partial charge on any atom is 0.445 e. The predicted molar refractivity (Wildman–Crippen MR) is 90.8 cm³/mol. The minimum Gasteiger partial charge on any atom is -0.348 e. The lowest BCUT2D eigenvalue weighted by Crippen LogP contribution is -2.46. The zero-order valence-corrected chi connectivity index (χ0v) is 15.3. The Kier molecular flexibility index (Phi) is 6.87. The van der Waals surface area contributed by atoms with Gasteiger partial charge in [-0.2, -0.15) is 13.2 Å². The van der Waals surface area contributed by atoms with E-state index < -0.39 is 35.3 Å². The number of nitrogens with one attached hydrogen (secondary N) is 3. The first-order valence-electron chi connectivity index (χ1n) is 8.14. The quantitative estimate of drug-likeness (QED) is 0.493. The smallest absolute Gasteiger partial charge is 0.348 e.